The van der Waals surface area contributed by atoms with E-state index in [0.717, 1.165) is 16.0 Å². The Kier molecular flexibility index (Phi) is 4.43. The van der Waals surface area contributed by atoms with Crippen LogP contribution in [0, 0.1) is 6.92 Å². The number of carbonyl (C=O) groups is 2. The molecule has 0 aliphatic carbocycles. The van der Waals surface area contributed by atoms with Gasteiger partial charge in [-0.2, -0.15) is 0 Å². The molecule has 1 saturated heterocycles. The SMILES string of the molecule is COc1cccc(/C=C2\NC(=O)N(Cc3ccc(C)cc3)C2=O)c1O. The van der Waals surface area contributed by atoms with Gasteiger partial charge in [-0.15, -0.1) is 0 Å². The standard InChI is InChI=1S/C19H18N2O4/c1-12-6-8-13(9-7-12)11-21-18(23)15(20-19(21)24)10-14-4-3-5-16(25-2)17(14)22/h3-10,22H,11H2,1-2H3,(H,20,24)/b15-10-. The topological polar surface area (TPSA) is 78.9 Å². The molecule has 6 heteroatoms. The molecule has 3 rings (SSSR count). The Bertz CT molecular complexity index is 856. The van der Waals surface area contributed by atoms with Crippen molar-refractivity contribution in [2.75, 3.05) is 7.11 Å². The normalized spacial score (nSPS) is 15.6. The fraction of sp³-hybridized carbons (Fsp3) is 0.158. The minimum Gasteiger partial charge on any atom is -0.504 e. The number of methoxy groups -OCH3 is 1. The Balaban J connectivity index is 1.84. The van der Waals surface area contributed by atoms with Gasteiger partial charge in [0.2, 0.25) is 0 Å². The van der Waals surface area contributed by atoms with Crippen LogP contribution in [-0.2, 0) is 11.3 Å². The summed E-state index contributed by atoms with van der Waals surface area (Å²) in [5, 5.41) is 12.7. The highest BCUT2D eigenvalue weighted by atomic mass is 16.5. The summed E-state index contributed by atoms with van der Waals surface area (Å²) in [5.74, 6) is -0.230. The third-order valence-corrected chi connectivity index (χ3v) is 3.97. The number of urea groups is 1. The third kappa shape index (κ3) is 3.33. The van der Waals surface area contributed by atoms with Crippen LogP contribution in [0.25, 0.3) is 6.08 Å². The van der Waals surface area contributed by atoms with E-state index in [2.05, 4.69) is 5.32 Å². The summed E-state index contributed by atoms with van der Waals surface area (Å²) >= 11 is 0. The van der Waals surface area contributed by atoms with E-state index in [-0.39, 0.29) is 18.0 Å². The Hall–Kier alpha value is -3.28. The lowest BCUT2D eigenvalue weighted by molar-refractivity contribution is -0.123. The molecule has 0 bridgehead atoms. The Morgan fingerprint density at radius 2 is 1.88 bits per heavy atom. The number of ether oxygens (including phenoxy) is 1. The van der Waals surface area contributed by atoms with Gasteiger partial charge >= 0.3 is 6.03 Å². The number of aryl methyl sites for hydroxylation is 1. The maximum absolute atomic E-state index is 12.5. The van der Waals surface area contributed by atoms with Crippen LogP contribution in [0.2, 0.25) is 0 Å². The highest BCUT2D eigenvalue weighted by molar-refractivity contribution is 6.14. The first-order chi connectivity index (χ1) is 12.0. The van der Waals surface area contributed by atoms with E-state index in [0.29, 0.717) is 11.3 Å². The number of imide groups is 1. The lowest BCUT2D eigenvalue weighted by atomic mass is 10.1. The number of hydrogen-bond acceptors (Lipinski definition) is 4. The largest absolute Gasteiger partial charge is 0.504 e. The number of phenols is 1. The van der Waals surface area contributed by atoms with Gasteiger partial charge in [0.1, 0.15) is 5.70 Å². The quantitative estimate of drug-likeness (QED) is 0.664. The fourth-order valence-electron chi connectivity index (χ4n) is 2.57. The minimum absolute atomic E-state index is 0.0865. The van der Waals surface area contributed by atoms with Crippen molar-refractivity contribution in [3.8, 4) is 11.5 Å². The Morgan fingerprint density at radius 1 is 1.16 bits per heavy atom. The van der Waals surface area contributed by atoms with Crippen molar-refractivity contribution in [1.29, 1.82) is 0 Å². The molecule has 0 aromatic heterocycles. The highest BCUT2D eigenvalue weighted by Crippen LogP contribution is 2.31. The van der Waals surface area contributed by atoms with Crippen LogP contribution in [0.3, 0.4) is 0 Å². The van der Waals surface area contributed by atoms with Gasteiger partial charge in [-0.25, -0.2) is 4.79 Å². The van der Waals surface area contributed by atoms with Gasteiger partial charge in [0.25, 0.3) is 5.91 Å². The van der Waals surface area contributed by atoms with Crippen molar-refractivity contribution in [2.45, 2.75) is 13.5 Å². The van der Waals surface area contributed by atoms with Gasteiger partial charge in [0.15, 0.2) is 11.5 Å². The summed E-state index contributed by atoms with van der Waals surface area (Å²) in [4.78, 5) is 25.8. The molecule has 128 valence electrons. The molecule has 0 atom stereocenters. The van der Waals surface area contributed by atoms with Crippen LogP contribution in [0.5, 0.6) is 11.5 Å². The predicted molar refractivity (Wildman–Crippen MR) is 92.9 cm³/mol. The second-order valence-corrected chi connectivity index (χ2v) is 5.76. The molecular weight excluding hydrogens is 320 g/mol. The van der Waals surface area contributed by atoms with E-state index >= 15 is 0 Å². The molecule has 0 unspecified atom stereocenters. The summed E-state index contributed by atoms with van der Waals surface area (Å²) in [6.45, 7) is 2.16. The second kappa shape index (κ2) is 6.68. The van der Waals surface area contributed by atoms with Gasteiger partial charge < -0.3 is 15.2 Å². The molecule has 1 fully saturated rings. The summed E-state index contributed by atoms with van der Waals surface area (Å²) in [6.07, 6.45) is 1.44. The van der Waals surface area contributed by atoms with Gasteiger partial charge in [-0.1, -0.05) is 42.0 Å². The summed E-state index contributed by atoms with van der Waals surface area (Å²) < 4.78 is 5.05. The van der Waals surface area contributed by atoms with Gasteiger partial charge in [0, 0.05) is 5.56 Å². The number of amides is 3. The van der Waals surface area contributed by atoms with E-state index < -0.39 is 11.9 Å². The molecule has 0 radical (unpaired) electrons. The van der Waals surface area contributed by atoms with Crippen LogP contribution in [0.4, 0.5) is 4.79 Å². The zero-order valence-corrected chi connectivity index (χ0v) is 13.9. The Labute approximate surface area is 145 Å². The van der Waals surface area contributed by atoms with Crippen molar-refractivity contribution in [2.24, 2.45) is 0 Å². The molecule has 1 heterocycles. The molecule has 1 aliphatic rings. The monoisotopic (exact) mass is 338 g/mol. The molecule has 2 N–H and O–H groups in total. The van der Waals surface area contributed by atoms with Crippen molar-refractivity contribution in [3.05, 3.63) is 64.9 Å². The molecular formula is C19H18N2O4. The summed E-state index contributed by atoms with van der Waals surface area (Å²) in [7, 11) is 1.44. The zero-order chi connectivity index (χ0) is 18.0. The number of rotatable bonds is 4. The minimum atomic E-state index is -0.487. The average molecular weight is 338 g/mol. The number of nitrogens with one attached hydrogen (secondary N) is 1. The number of hydrogen-bond donors (Lipinski definition) is 2. The number of para-hydroxylation sites is 1. The zero-order valence-electron chi connectivity index (χ0n) is 13.9. The maximum atomic E-state index is 12.5. The lowest BCUT2D eigenvalue weighted by Gasteiger charge is -2.11. The number of benzene rings is 2. The van der Waals surface area contributed by atoms with Gasteiger partial charge in [-0.05, 0) is 24.6 Å². The molecule has 0 spiro atoms. The van der Waals surface area contributed by atoms with Crippen molar-refractivity contribution >= 4 is 18.0 Å². The predicted octanol–water partition coefficient (Wildman–Crippen LogP) is 2.80. The maximum Gasteiger partial charge on any atom is 0.329 e. The smallest absolute Gasteiger partial charge is 0.329 e. The molecule has 1 aliphatic heterocycles. The first kappa shape index (κ1) is 16.6. The first-order valence-corrected chi connectivity index (χ1v) is 7.75. The molecule has 2 aromatic carbocycles. The van der Waals surface area contributed by atoms with Crippen molar-refractivity contribution < 1.29 is 19.4 Å². The highest BCUT2D eigenvalue weighted by Gasteiger charge is 2.33. The lowest BCUT2D eigenvalue weighted by Crippen LogP contribution is -2.30. The van der Waals surface area contributed by atoms with Crippen LogP contribution in [0.15, 0.2) is 48.2 Å². The fourth-order valence-corrected chi connectivity index (χ4v) is 2.57. The molecule has 0 saturated carbocycles. The number of aromatic hydroxyl groups is 1. The van der Waals surface area contributed by atoms with E-state index in [9.17, 15) is 14.7 Å². The van der Waals surface area contributed by atoms with Crippen molar-refractivity contribution in [1.82, 2.24) is 10.2 Å². The summed E-state index contributed by atoms with van der Waals surface area (Å²) in [6, 6.07) is 12.1. The van der Waals surface area contributed by atoms with Crippen molar-refractivity contribution in [3.63, 3.8) is 0 Å². The van der Waals surface area contributed by atoms with Crippen LogP contribution in [0.1, 0.15) is 16.7 Å². The van der Waals surface area contributed by atoms with E-state index in [4.69, 9.17) is 4.74 Å². The van der Waals surface area contributed by atoms with Crippen LogP contribution < -0.4 is 10.1 Å². The molecule has 25 heavy (non-hydrogen) atoms. The number of carbonyl (C=O) groups excluding carboxylic acids is 2. The van der Waals surface area contributed by atoms with Crippen LogP contribution in [-0.4, -0.2) is 29.1 Å². The number of nitrogens with zero attached hydrogens (tertiary/aromatic N) is 1. The molecule has 3 amide bonds. The van der Waals surface area contributed by atoms with Gasteiger partial charge in [-0.3, -0.25) is 9.69 Å². The Morgan fingerprint density at radius 3 is 2.56 bits per heavy atom. The van der Waals surface area contributed by atoms with Gasteiger partial charge in [0.05, 0.1) is 13.7 Å². The molecule has 2 aromatic rings. The number of phenolic OH excluding ortho intramolecular Hbond substituents is 1. The third-order valence-electron chi connectivity index (χ3n) is 3.97. The van der Waals surface area contributed by atoms with E-state index in [1.165, 1.54) is 13.2 Å². The second-order valence-electron chi connectivity index (χ2n) is 5.76. The van der Waals surface area contributed by atoms with E-state index in [1.807, 2.05) is 31.2 Å². The molecule has 6 nitrogen and oxygen atoms in total. The summed E-state index contributed by atoms with van der Waals surface area (Å²) in [5.41, 5.74) is 2.47. The average Bonchev–Trinajstić information content (AvgIpc) is 2.86. The van der Waals surface area contributed by atoms with Crippen LogP contribution >= 0.6 is 0 Å². The van der Waals surface area contributed by atoms with E-state index in [1.54, 1.807) is 18.2 Å². The first-order valence-electron chi connectivity index (χ1n) is 7.75.